The molecule has 0 radical (unpaired) electrons. The largest absolute Gasteiger partial charge is 0 e. The Bertz CT molecular complexity index is 570. The van der Waals surface area contributed by atoms with Gasteiger partial charge in [-0.25, -0.2) is 0 Å². The first-order valence-electron chi connectivity index (χ1n) is 7.83. The molecule has 1 aromatic carbocycles. The van der Waals surface area contributed by atoms with E-state index in [1.165, 1.54) is 25.7 Å². The molecule has 0 N–H and O–H groups in total. The van der Waals surface area contributed by atoms with Crippen molar-refractivity contribution >= 4 is 6.29 Å². The number of rotatable bonds is 2. The van der Waals surface area contributed by atoms with Crippen LogP contribution in [0.25, 0.3) is 0 Å². The van der Waals surface area contributed by atoms with Crippen LogP contribution in [0, 0.1) is 20.0 Å². The Kier molecular flexibility index (Phi) is 15.1. The summed E-state index contributed by atoms with van der Waals surface area (Å²) in [5, 5.41) is 0. The normalized spacial score (nSPS) is 21.7. The Hall–Kier alpha value is -1.44. The van der Waals surface area contributed by atoms with Gasteiger partial charge < -0.3 is 0 Å². The second-order valence-corrected chi connectivity index (χ2v) is 5.87. The van der Waals surface area contributed by atoms with Crippen molar-refractivity contribution in [2.75, 3.05) is 14.1 Å². The number of hydrogen-bond donors (Lipinski definition) is 0. The van der Waals surface area contributed by atoms with E-state index in [1.54, 1.807) is 0 Å². The summed E-state index contributed by atoms with van der Waals surface area (Å²) in [5.41, 5.74) is 1.97. The molecule has 2 fully saturated rings. The Labute approximate surface area is 165 Å². The van der Waals surface area contributed by atoms with Crippen molar-refractivity contribution in [3.05, 3.63) is 55.3 Å². The number of aldehydes is 1. The Morgan fingerprint density at radius 2 is 1.35 bits per heavy atom. The third-order valence-corrected chi connectivity index (χ3v) is 4.91. The molecule has 2 aliphatic rings. The number of likely N-dealkylation sites (N-methyl/N-ethyl adjacent to an activating group) is 2. The van der Waals surface area contributed by atoms with Gasteiger partial charge in [-0.2, -0.15) is 0 Å². The monoisotopic (exact) mass is 394 g/mol. The van der Waals surface area contributed by atoms with E-state index < -0.39 is 0 Å². The van der Waals surface area contributed by atoms with Gasteiger partial charge in [0.15, 0.2) is 0 Å². The summed E-state index contributed by atoms with van der Waals surface area (Å²) in [7, 11) is 4.41. The van der Waals surface area contributed by atoms with E-state index in [2.05, 4.69) is 49.9 Å². The van der Waals surface area contributed by atoms with Crippen LogP contribution in [0.3, 0.4) is 0 Å². The maximum absolute atomic E-state index is 11.3. The molecule has 26 heavy (non-hydrogen) atoms. The van der Waals surface area contributed by atoms with Gasteiger partial charge in [0.2, 0.25) is 0 Å². The van der Waals surface area contributed by atoms with Crippen molar-refractivity contribution in [3.63, 3.8) is 0 Å². The molecule has 1 saturated heterocycles. The second kappa shape index (κ2) is 14.7. The fourth-order valence-corrected chi connectivity index (χ4v) is 3.98. The van der Waals surface area contributed by atoms with E-state index in [4.69, 9.17) is 14.0 Å². The first-order chi connectivity index (χ1) is 12.2. The topological polar surface area (TPSA) is 83.2 Å². The van der Waals surface area contributed by atoms with Crippen LogP contribution in [0.15, 0.2) is 24.3 Å². The SMILES string of the molecule is CN1C(c2ccccc2C=O)N(C)[C@@H]2CCCC[C@H]21.[C-]#[O+].[C-]#[O+].[C-]#[O+].[Cr]. The van der Waals surface area contributed by atoms with Crippen molar-refractivity contribution in [2.24, 2.45) is 0 Å². The van der Waals surface area contributed by atoms with Crippen LogP contribution >= 0.6 is 0 Å². The van der Waals surface area contributed by atoms with Gasteiger partial charge in [-0.1, -0.05) is 37.1 Å². The molecule has 1 saturated carbocycles. The van der Waals surface area contributed by atoms with Crippen molar-refractivity contribution in [1.82, 2.24) is 9.80 Å². The van der Waals surface area contributed by atoms with Crippen LogP contribution in [0.1, 0.15) is 47.8 Å². The van der Waals surface area contributed by atoms with Gasteiger partial charge in [0.25, 0.3) is 0 Å². The third-order valence-electron chi connectivity index (χ3n) is 4.91. The molecule has 3 rings (SSSR count). The number of carbonyl (C=O) groups excluding carboxylic acids is 1. The van der Waals surface area contributed by atoms with Gasteiger partial charge in [-0.15, -0.1) is 0 Å². The van der Waals surface area contributed by atoms with Crippen LogP contribution in [0.4, 0.5) is 0 Å². The van der Waals surface area contributed by atoms with Gasteiger partial charge >= 0.3 is 33.9 Å². The quantitative estimate of drug-likeness (QED) is 0.439. The minimum Gasteiger partial charge on any atom is 0 e. The maximum Gasteiger partial charge on any atom is 0 e. The maximum atomic E-state index is 11.3. The molecule has 2 atom stereocenters. The molecule has 6 nitrogen and oxygen atoms in total. The Morgan fingerprint density at radius 1 is 0.923 bits per heavy atom. The zero-order chi connectivity index (χ0) is 19.4. The standard InChI is InChI=1S/C16H22N2O.3CO.Cr/c1-17-14-9-5-6-10-15(14)18(2)16(17)13-8-4-3-7-12(13)11-19;3*1-2;/h3-4,7-8,11,14-16H,5-6,9-10H2,1-2H3;;;;/t14-,15-;;;;/m1..../s1. The smallest absolute Gasteiger partial charge is 0 e. The van der Waals surface area contributed by atoms with Crippen molar-refractivity contribution in [3.8, 4) is 0 Å². The molecule has 0 unspecified atom stereocenters. The molecule has 1 aliphatic heterocycles. The Balaban J connectivity index is 0. The van der Waals surface area contributed by atoms with Crippen LogP contribution in [0.2, 0.25) is 0 Å². The van der Waals surface area contributed by atoms with Gasteiger partial charge in [0.1, 0.15) is 6.29 Å². The number of carbonyl (C=O) groups is 1. The number of nitrogens with zero attached hydrogens (tertiary/aromatic N) is 2. The van der Waals surface area contributed by atoms with E-state index in [0.29, 0.717) is 12.1 Å². The zero-order valence-electron chi connectivity index (χ0n) is 14.9. The summed E-state index contributed by atoms with van der Waals surface area (Å²) in [5.74, 6) is 0. The second-order valence-electron chi connectivity index (χ2n) is 5.87. The summed E-state index contributed by atoms with van der Waals surface area (Å²) in [6, 6.07) is 9.28. The van der Waals surface area contributed by atoms with Gasteiger partial charge in [0.05, 0.1) is 6.17 Å². The first-order valence-corrected chi connectivity index (χ1v) is 7.83. The summed E-state index contributed by atoms with van der Waals surface area (Å²) < 4.78 is 22.5. The molecule has 1 aromatic rings. The molecular formula is C19H22CrN2O4. The van der Waals surface area contributed by atoms with E-state index in [9.17, 15) is 4.79 Å². The average molecular weight is 394 g/mol. The molecular weight excluding hydrogens is 372 g/mol. The molecule has 1 heterocycles. The van der Waals surface area contributed by atoms with Gasteiger partial charge in [-0.05, 0) is 32.5 Å². The minimum atomic E-state index is 0. The molecule has 0 bridgehead atoms. The first kappa shape index (κ1) is 26.8. The van der Waals surface area contributed by atoms with Crippen LogP contribution in [-0.4, -0.2) is 42.3 Å². The molecule has 0 spiro atoms. The van der Waals surface area contributed by atoms with Crippen LogP contribution in [0.5, 0.6) is 0 Å². The van der Waals surface area contributed by atoms with Crippen molar-refractivity contribution in [1.29, 1.82) is 0 Å². The van der Waals surface area contributed by atoms with E-state index >= 15 is 0 Å². The van der Waals surface area contributed by atoms with Gasteiger partial charge in [-0.3, -0.25) is 14.6 Å². The van der Waals surface area contributed by atoms with E-state index in [0.717, 1.165) is 17.4 Å². The summed E-state index contributed by atoms with van der Waals surface area (Å²) in [6.07, 6.45) is 6.47. The van der Waals surface area contributed by atoms with Crippen LogP contribution in [-0.2, 0) is 31.3 Å². The summed E-state index contributed by atoms with van der Waals surface area (Å²) in [4.78, 5) is 16.2. The summed E-state index contributed by atoms with van der Waals surface area (Å²) in [6.45, 7) is 13.5. The van der Waals surface area contributed by atoms with Crippen molar-refractivity contribution in [2.45, 2.75) is 43.9 Å². The molecule has 1 aliphatic carbocycles. The third kappa shape index (κ3) is 5.79. The molecule has 138 valence electrons. The predicted octanol–water partition coefficient (Wildman–Crippen LogP) is 2.57. The summed E-state index contributed by atoms with van der Waals surface area (Å²) >= 11 is 0. The van der Waals surface area contributed by atoms with Gasteiger partial charge in [0, 0.05) is 35.0 Å². The molecule has 0 aromatic heterocycles. The number of hydrogen-bond acceptors (Lipinski definition) is 3. The van der Waals surface area contributed by atoms with E-state index in [1.807, 2.05) is 18.2 Å². The fraction of sp³-hybridized carbons (Fsp3) is 0.474. The predicted molar refractivity (Wildman–Crippen MR) is 87.9 cm³/mol. The average Bonchev–Trinajstić information content (AvgIpc) is 2.97. The number of benzene rings is 1. The fourth-order valence-electron chi connectivity index (χ4n) is 3.98. The van der Waals surface area contributed by atoms with E-state index in [-0.39, 0.29) is 23.5 Å². The van der Waals surface area contributed by atoms with Crippen LogP contribution < -0.4 is 0 Å². The number of fused-ring (bicyclic) bond motifs is 1. The van der Waals surface area contributed by atoms with Crippen molar-refractivity contribution < 1.29 is 36.1 Å². The zero-order valence-corrected chi connectivity index (χ0v) is 16.2. The minimum absolute atomic E-state index is 0. The molecule has 0 amide bonds. The Morgan fingerprint density at radius 3 is 1.77 bits per heavy atom. The molecule has 7 heteroatoms.